The summed E-state index contributed by atoms with van der Waals surface area (Å²) in [6, 6.07) is 7.38. The third-order valence-corrected chi connectivity index (χ3v) is 2.92. The summed E-state index contributed by atoms with van der Waals surface area (Å²) < 4.78 is 5.55. The van der Waals surface area contributed by atoms with E-state index in [2.05, 4.69) is 22.4 Å². The minimum Gasteiger partial charge on any atom is -0.494 e. The predicted octanol–water partition coefficient (Wildman–Crippen LogP) is 3.07. The summed E-state index contributed by atoms with van der Waals surface area (Å²) in [5, 5.41) is 9.70. The Morgan fingerprint density at radius 2 is 2.20 bits per heavy atom. The van der Waals surface area contributed by atoms with Crippen molar-refractivity contribution >= 4 is 11.6 Å². The number of carbonyl (C=O) groups excluding carboxylic acids is 1. The zero-order chi connectivity index (χ0) is 14.5. The van der Waals surface area contributed by atoms with Gasteiger partial charge in [0.2, 0.25) is 0 Å². The van der Waals surface area contributed by atoms with E-state index in [1.165, 1.54) is 0 Å². The Labute approximate surface area is 118 Å². The highest BCUT2D eigenvalue weighted by Crippen LogP contribution is 2.19. The van der Waals surface area contributed by atoms with Crippen molar-refractivity contribution in [2.45, 2.75) is 27.2 Å². The van der Waals surface area contributed by atoms with Crippen LogP contribution in [0.4, 0.5) is 5.69 Å². The van der Waals surface area contributed by atoms with Gasteiger partial charge in [-0.2, -0.15) is 5.10 Å². The van der Waals surface area contributed by atoms with Gasteiger partial charge in [0.05, 0.1) is 17.9 Å². The molecule has 0 fully saturated rings. The molecular weight excluding hydrogens is 254 g/mol. The highest BCUT2D eigenvalue weighted by atomic mass is 16.5. The number of nitrogens with one attached hydrogen (secondary N) is 2. The first-order valence-corrected chi connectivity index (χ1v) is 6.67. The van der Waals surface area contributed by atoms with Gasteiger partial charge in [-0.3, -0.25) is 9.89 Å². The number of rotatable bonds is 5. The highest BCUT2D eigenvalue weighted by Gasteiger charge is 2.15. The maximum absolute atomic E-state index is 12.2. The van der Waals surface area contributed by atoms with Gasteiger partial charge >= 0.3 is 0 Å². The van der Waals surface area contributed by atoms with Crippen LogP contribution < -0.4 is 10.1 Å². The summed E-state index contributed by atoms with van der Waals surface area (Å²) in [6.07, 6.45) is 0.948. The molecule has 1 amide bonds. The van der Waals surface area contributed by atoms with Crippen molar-refractivity contribution in [3.8, 4) is 5.75 Å². The predicted molar refractivity (Wildman–Crippen MR) is 78.2 cm³/mol. The van der Waals surface area contributed by atoms with E-state index in [1.807, 2.05) is 31.2 Å². The van der Waals surface area contributed by atoms with Crippen LogP contribution in [0, 0.1) is 13.8 Å². The SMILES string of the molecule is CCCOc1cccc(NC(=O)c2c(C)n[nH]c2C)c1. The number of hydrogen-bond acceptors (Lipinski definition) is 3. The molecule has 0 aliphatic rings. The van der Waals surface area contributed by atoms with Crippen molar-refractivity contribution in [3.63, 3.8) is 0 Å². The van der Waals surface area contributed by atoms with Gasteiger partial charge in [-0.25, -0.2) is 0 Å². The zero-order valence-corrected chi connectivity index (χ0v) is 12.0. The topological polar surface area (TPSA) is 67.0 Å². The number of ether oxygens (including phenoxy) is 1. The standard InChI is InChI=1S/C15H19N3O2/c1-4-8-20-13-7-5-6-12(9-13)16-15(19)14-10(2)17-18-11(14)3/h5-7,9H,4,8H2,1-3H3,(H,16,19)(H,17,18). The first-order valence-electron chi connectivity index (χ1n) is 6.67. The molecule has 2 N–H and O–H groups in total. The Balaban J connectivity index is 2.12. The molecule has 0 saturated carbocycles. The molecule has 1 heterocycles. The molecule has 1 aromatic heterocycles. The van der Waals surface area contributed by atoms with Crippen LogP contribution in [-0.2, 0) is 0 Å². The van der Waals surface area contributed by atoms with E-state index in [9.17, 15) is 4.79 Å². The maximum Gasteiger partial charge on any atom is 0.259 e. The van der Waals surface area contributed by atoms with Crippen molar-refractivity contribution in [2.75, 3.05) is 11.9 Å². The van der Waals surface area contributed by atoms with Gasteiger partial charge in [0.15, 0.2) is 0 Å². The van der Waals surface area contributed by atoms with Crippen LogP contribution in [0.15, 0.2) is 24.3 Å². The van der Waals surface area contributed by atoms with Crippen LogP contribution >= 0.6 is 0 Å². The lowest BCUT2D eigenvalue weighted by Gasteiger charge is -2.08. The summed E-state index contributed by atoms with van der Waals surface area (Å²) in [5.74, 6) is 0.590. The smallest absolute Gasteiger partial charge is 0.259 e. The fraction of sp³-hybridized carbons (Fsp3) is 0.333. The summed E-state index contributed by atoms with van der Waals surface area (Å²) in [7, 11) is 0. The van der Waals surface area contributed by atoms with Crippen LogP contribution in [0.1, 0.15) is 35.1 Å². The van der Waals surface area contributed by atoms with E-state index in [0.29, 0.717) is 23.6 Å². The average Bonchev–Trinajstić information content (AvgIpc) is 2.76. The Morgan fingerprint density at radius 1 is 1.40 bits per heavy atom. The molecule has 5 nitrogen and oxygen atoms in total. The minimum absolute atomic E-state index is 0.165. The monoisotopic (exact) mass is 273 g/mol. The van der Waals surface area contributed by atoms with E-state index >= 15 is 0 Å². The molecule has 0 unspecified atom stereocenters. The van der Waals surface area contributed by atoms with Gasteiger partial charge in [0.1, 0.15) is 5.75 Å². The van der Waals surface area contributed by atoms with E-state index in [1.54, 1.807) is 6.92 Å². The first kappa shape index (κ1) is 14.1. The molecule has 0 aliphatic heterocycles. The Hall–Kier alpha value is -2.30. The fourth-order valence-corrected chi connectivity index (χ4v) is 1.96. The molecular formula is C15H19N3O2. The quantitative estimate of drug-likeness (QED) is 0.879. The average molecular weight is 273 g/mol. The lowest BCUT2D eigenvalue weighted by molar-refractivity contribution is 0.102. The number of H-pyrrole nitrogens is 1. The van der Waals surface area contributed by atoms with Gasteiger partial charge < -0.3 is 10.1 Å². The number of aromatic amines is 1. The molecule has 0 saturated heterocycles. The van der Waals surface area contributed by atoms with Crippen LogP contribution in [0.3, 0.4) is 0 Å². The molecule has 20 heavy (non-hydrogen) atoms. The molecule has 0 spiro atoms. The molecule has 0 bridgehead atoms. The summed E-state index contributed by atoms with van der Waals surface area (Å²) in [4.78, 5) is 12.2. The van der Waals surface area contributed by atoms with Gasteiger partial charge in [-0.05, 0) is 32.4 Å². The fourth-order valence-electron chi connectivity index (χ4n) is 1.96. The number of benzene rings is 1. The Bertz CT molecular complexity index is 585. The second-order valence-corrected chi connectivity index (χ2v) is 4.64. The summed E-state index contributed by atoms with van der Waals surface area (Å²) >= 11 is 0. The first-order chi connectivity index (χ1) is 9.61. The van der Waals surface area contributed by atoms with Crippen molar-refractivity contribution in [2.24, 2.45) is 0 Å². The number of hydrogen-bond donors (Lipinski definition) is 2. The van der Waals surface area contributed by atoms with E-state index < -0.39 is 0 Å². The van der Waals surface area contributed by atoms with Crippen LogP contribution in [0.5, 0.6) is 5.75 Å². The van der Waals surface area contributed by atoms with E-state index in [-0.39, 0.29) is 5.91 Å². The number of aryl methyl sites for hydroxylation is 2. The lowest BCUT2D eigenvalue weighted by Crippen LogP contribution is -2.13. The summed E-state index contributed by atoms with van der Waals surface area (Å²) in [5.41, 5.74) is 2.75. The Kier molecular flexibility index (Phi) is 4.40. The molecule has 106 valence electrons. The largest absolute Gasteiger partial charge is 0.494 e. The molecule has 1 aromatic carbocycles. The number of amides is 1. The molecule has 2 aromatic rings. The number of carbonyl (C=O) groups is 1. The lowest BCUT2D eigenvalue weighted by atomic mass is 10.2. The van der Waals surface area contributed by atoms with Crippen molar-refractivity contribution < 1.29 is 9.53 Å². The number of anilines is 1. The molecule has 2 rings (SSSR count). The van der Waals surface area contributed by atoms with Gasteiger partial charge in [-0.1, -0.05) is 13.0 Å². The molecule has 0 aliphatic carbocycles. The second-order valence-electron chi connectivity index (χ2n) is 4.64. The van der Waals surface area contributed by atoms with Gasteiger partial charge in [0, 0.05) is 17.4 Å². The van der Waals surface area contributed by atoms with Gasteiger partial charge in [0.25, 0.3) is 5.91 Å². The second kappa shape index (κ2) is 6.23. The minimum atomic E-state index is -0.165. The van der Waals surface area contributed by atoms with Crippen LogP contribution in [0.2, 0.25) is 0 Å². The van der Waals surface area contributed by atoms with Crippen LogP contribution in [0.25, 0.3) is 0 Å². The third-order valence-electron chi connectivity index (χ3n) is 2.92. The molecule has 0 radical (unpaired) electrons. The zero-order valence-electron chi connectivity index (χ0n) is 12.0. The number of nitrogens with zero attached hydrogens (tertiary/aromatic N) is 1. The van der Waals surface area contributed by atoms with Crippen molar-refractivity contribution in [1.82, 2.24) is 10.2 Å². The number of aromatic nitrogens is 2. The van der Waals surface area contributed by atoms with E-state index in [0.717, 1.165) is 17.9 Å². The molecule has 5 heteroatoms. The third kappa shape index (κ3) is 3.17. The van der Waals surface area contributed by atoms with Crippen LogP contribution in [-0.4, -0.2) is 22.7 Å². The Morgan fingerprint density at radius 3 is 2.85 bits per heavy atom. The maximum atomic E-state index is 12.2. The highest BCUT2D eigenvalue weighted by molar-refractivity contribution is 6.05. The molecule has 0 atom stereocenters. The van der Waals surface area contributed by atoms with E-state index in [4.69, 9.17) is 4.74 Å². The van der Waals surface area contributed by atoms with Crippen molar-refractivity contribution in [3.05, 3.63) is 41.2 Å². The van der Waals surface area contributed by atoms with Crippen molar-refractivity contribution in [1.29, 1.82) is 0 Å². The normalized spacial score (nSPS) is 10.3. The van der Waals surface area contributed by atoms with Gasteiger partial charge in [-0.15, -0.1) is 0 Å². The summed E-state index contributed by atoms with van der Waals surface area (Å²) in [6.45, 7) is 6.35.